The summed E-state index contributed by atoms with van der Waals surface area (Å²) in [7, 11) is -3.67. The highest BCUT2D eigenvalue weighted by Crippen LogP contribution is 2.27. The lowest BCUT2D eigenvalue weighted by Crippen LogP contribution is -2.28. The van der Waals surface area contributed by atoms with Gasteiger partial charge in [-0.2, -0.15) is 9.40 Å². The molecule has 2 aromatic heterocycles. The third-order valence-electron chi connectivity index (χ3n) is 5.30. The van der Waals surface area contributed by atoms with E-state index in [1.807, 2.05) is 32.9 Å². The summed E-state index contributed by atoms with van der Waals surface area (Å²) >= 11 is 0. The molecule has 164 valence electrons. The molecule has 9 heteroatoms. The van der Waals surface area contributed by atoms with E-state index >= 15 is 0 Å². The van der Waals surface area contributed by atoms with Crippen molar-refractivity contribution < 1.29 is 17.6 Å². The van der Waals surface area contributed by atoms with E-state index in [9.17, 15) is 13.2 Å². The summed E-state index contributed by atoms with van der Waals surface area (Å²) in [5.41, 5.74) is 3.73. The van der Waals surface area contributed by atoms with Crippen LogP contribution in [-0.2, 0) is 10.0 Å². The standard InChI is InChI=1S/C22H26N4O4S/c1-14-9-15(2)11-18(10-14)26-21(12-16(3)24-26)23-22(27)19-13-20(17(4)30-19)31(28,29)25-7-5-6-8-25/h9-13H,5-8H2,1-4H3,(H,23,27). The molecule has 1 aliphatic heterocycles. The van der Waals surface area contributed by atoms with Crippen LogP contribution in [-0.4, -0.2) is 41.5 Å². The zero-order valence-corrected chi connectivity index (χ0v) is 18.9. The van der Waals surface area contributed by atoms with Gasteiger partial charge in [0.05, 0.1) is 11.4 Å². The quantitative estimate of drug-likeness (QED) is 0.649. The van der Waals surface area contributed by atoms with E-state index in [4.69, 9.17) is 4.42 Å². The second-order valence-electron chi connectivity index (χ2n) is 8.03. The first-order valence-corrected chi connectivity index (χ1v) is 11.7. The number of hydrogen-bond acceptors (Lipinski definition) is 5. The van der Waals surface area contributed by atoms with Gasteiger partial charge in [-0.1, -0.05) is 6.07 Å². The molecule has 31 heavy (non-hydrogen) atoms. The molecule has 3 aromatic rings. The van der Waals surface area contributed by atoms with Gasteiger partial charge in [0.15, 0.2) is 5.76 Å². The van der Waals surface area contributed by atoms with Crippen molar-refractivity contribution in [2.45, 2.75) is 45.4 Å². The van der Waals surface area contributed by atoms with Gasteiger partial charge >= 0.3 is 0 Å². The number of sulfonamides is 1. The molecule has 0 bridgehead atoms. The number of aryl methyl sites for hydroxylation is 4. The van der Waals surface area contributed by atoms with E-state index in [0.717, 1.165) is 35.3 Å². The third kappa shape index (κ3) is 4.15. The van der Waals surface area contributed by atoms with Crippen molar-refractivity contribution >= 4 is 21.7 Å². The van der Waals surface area contributed by atoms with Crippen LogP contribution in [0.4, 0.5) is 5.82 Å². The van der Waals surface area contributed by atoms with Crippen LogP contribution in [0, 0.1) is 27.7 Å². The summed E-state index contributed by atoms with van der Waals surface area (Å²) in [6.07, 6.45) is 1.68. The van der Waals surface area contributed by atoms with Gasteiger partial charge in [-0.25, -0.2) is 13.1 Å². The molecule has 0 aliphatic carbocycles. The zero-order valence-electron chi connectivity index (χ0n) is 18.1. The van der Waals surface area contributed by atoms with Crippen molar-refractivity contribution in [2.24, 2.45) is 0 Å². The van der Waals surface area contributed by atoms with Crippen molar-refractivity contribution in [2.75, 3.05) is 18.4 Å². The van der Waals surface area contributed by atoms with Crippen LogP contribution in [0.3, 0.4) is 0 Å². The van der Waals surface area contributed by atoms with E-state index in [0.29, 0.717) is 18.9 Å². The lowest BCUT2D eigenvalue weighted by atomic mass is 10.1. The Labute approximate surface area is 181 Å². The number of aromatic nitrogens is 2. The highest BCUT2D eigenvalue weighted by atomic mass is 32.2. The van der Waals surface area contributed by atoms with Gasteiger partial charge in [-0.15, -0.1) is 0 Å². The molecule has 1 aliphatic rings. The predicted molar refractivity (Wildman–Crippen MR) is 117 cm³/mol. The summed E-state index contributed by atoms with van der Waals surface area (Å²) < 4.78 is 34.4. The molecule has 8 nitrogen and oxygen atoms in total. The van der Waals surface area contributed by atoms with E-state index in [-0.39, 0.29) is 16.4 Å². The van der Waals surface area contributed by atoms with Crippen molar-refractivity contribution in [1.29, 1.82) is 0 Å². The number of nitrogens with one attached hydrogen (secondary N) is 1. The molecular formula is C22H26N4O4S. The molecule has 1 saturated heterocycles. The largest absolute Gasteiger partial charge is 0.455 e. The van der Waals surface area contributed by atoms with Crippen molar-refractivity contribution in [3.8, 4) is 5.69 Å². The Bertz CT molecular complexity index is 1230. The average molecular weight is 443 g/mol. The second kappa shape index (κ2) is 7.97. The Hall–Kier alpha value is -2.91. The highest BCUT2D eigenvalue weighted by Gasteiger charge is 2.32. The number of hydrogen-bond donors (Lipinski definition) is 1. The van der Waals surface area contributed by atoms with Gasteiger partial charge in [0.1, 0.15) is 16.5 Å². The van der Waals surface area contributed by atoms with E-state index < -0.39 is 15.9 Å². The first kappa shape index (κ1) is 21.3. The van der Waals surface area contributed by atoms with Crippen LogP contribution in [0.15, 0.2) is 39.6 Å². The van der Waals surface area contributed by atoms with Gasteiger partial charge in [0, 0.05) is 25.2 Å². The van der Waals surface area contributed by atoms with Gasteiger partial charge in [-0.3, -0.25) is 4.79 Å². The molecule has 1 aromatic carbocycles. The maximum Gasteiger partial charge on any atom is 0.292 e. The Morgan fingerprint density at radius 1 is 1.00 bits per heavy atom. The smallest absolute Gasteiger partial charge is 0.292 e. The molecule has 4 rings (SSSR count). The number of furan rings is 1. The minimum absolute atomic E-state index is 0.0403. The van der Waals surface area contributed by atoms with E-state index in [1.165, 1.54) is 10.4 Å². The number of carbonyl (C=O) groups is 1. The van der Waals surface area contributed by atoms with Crippen LogP contribution < -0.4 is 5.32 Å². The van der Waals surface area contributed by atoms with Gasteiger partial charge < -0.3 is 9.73 Å². The van der Waals surface area contributed by atoms with Crippen LogP contribution >= 0.6 is 0 Å². The Kier molecular flexibility index (Phi) is 5.49. The number of carbonyl (C=O) groups excluding carboxylic acids is 1. The lowest BCUT2D eigenvalue weighted by Gasteiger charge is -2.14. The molecule has 0 atom stereocenters. The second-order valence-corrected chi connectivity index (χ2v) is 9.93. The number of rotatable bonds is 5. The normalized spacial score (nSPS) is 14.8. The monoisotopic (exact) mass is 442 g/mol. The summed E-state index contributed by atoms with van der Waals surface area (Å²) in [5.74, 6) is 0.0964. The maximum atomic E-state index is 12.9. The number of anilines is 1. The molecule has 3 heterocycles. The van der Waals surface area contributed by atoms with Crippen LogP contribution in [0.2, 0.25) is 0 Å². The summed E-state index contributed by atoms with van der Waals surface area (Å²) in [6, 6.07) is 9.09. The van der Waals surface area contributed by atoms with Gasteiger partial charge in [0.25, 0.3) is 5.91 Å². The minimum Gasteiger partial charge on any atom is -0.455 e. The fraction of sp³-hybridized carbons (Fsp3) is 0.364. The molecule has 0 radical (unpaired) electrons. The lowest BCUT2D eigenvalue weighted by molar-refractivity contribution is 0.0994. The Morgan fingerprint density at radius 3 is 2.29 bits per heavy atom. The van der Waals surface area contributed by atoms with Crippen molar-refractivity contribution in [1.82, 2.24) is 14.1 Å². The third-order valence-corrected chi connectivity index (χ3v) is 7.31. The number of benzene rings is 1. The summed E-state index contributed by atoms with van der Waals surface area (Å²) in [5, 5.41) is 7.30. The summed E-state index contributed by atoms with van der Waals surface area (Å²) in [6.45, 7) is 8.38. The SMILES string of the molecule is Cc1cc(C)cc(-n2nc(C)cc2NC(=O)c2cc(S(=O)(=O)N3CCCC3)c(C)o2)c1. The van der Waals surface area contributed by atoms with E-state index in [1.54, 1.807) is 17.7 Å². The molecule has 1 N–H and O–H groups in total. The molecule has 0 unspecified atom stereocenters. The molecule has 0 spiro atoms. The molecule has 1 fully saturated rings. The molecule has 0 saturated carbocycles. The molecule has 1 amide bonds. The fourth-order valence-electron chi connectivity index (χ4n) is 3.94. The Balaban J connectivity index is 1.63. The van der Waals surface area contributed by atoms with Gasteiger partial charge in [-0.05, 0) is 63.8 Å². The molecular weight excluding hydrogens is 416 g/mol. The first-order valence-electron chi connectivity index (χ1n) is 10.2. The maximum absolute atomic E-state index is 12.9. The van der Waals surface area contributed by atoms with Crippen molar-refractivity contribution in [3.05, 3.63) is 58.7 Å². The van der Waals surface area contributed by atoms with Crippen LogP contribution in [0.25, 0.3) is 5.69 Å². The first-order chi connectivity index (χ1) is 14.6. The highest BCUT2D eigenvalue weighted by molar-refractivity contribution is 7.89. The number of amides is 1. The summed E-state index contributed by atoms with van der Waals surface area (Å²) in [4.78, 5) is 12.9. The Morgan fingerprint density at radius 2 is 1.65 bits per heavy atom. The average Bonchev–Trinajstić information content (AvgIpc) is 3.41. The topological polar surface area (TPSA) is 97.4 Å². The van der Waals surface area contributed by atoms with Gasteiger partial charge in [0.2, 0.25) is 10.0 Å². The van der Waals surface area contributed by atoms with E-state index in [2.05, 4.69) is 16.5 Å². The van der Waals surface area contributed by atoms with Crippen LogP contribution in [0.5, 0.6) is 0 Å². The van der Waals surface area contributed by atoms with Crippen molar-refractivity contribution in [3.63, 3.8) is 0 Å². The van der Waals surface area contributed by atoms with Crippen LogP contribution in [0.1, 0.15) is 46.0 Å². The minimum atomic E-state index is -3.67. The predicted octanol–water partition coefficient (Wildman–Crippen LogP) is 3.74. The fourth-order valence-corrected chi connectivity index (χ4v) is 5.62. The zero-order chi connectivity index (χ0) is 22.3. The number of nitrogens with zero attached hydrogens (tertiary/aromatic N) is 3.